The number of carboxylic acids is 1. The molecule has 0 aromatic heterocycles. The molecule has 0 amide bonds. The number of carbonyl (C=O) groups is 1. The number of likely N-dealkylation sites (tertiary alicyclic amines) is 1. The molecular formula is C13H17FN2O2. The van der Waals surface area contributed by atoms with Crippen LogP contribution in [-0.4, -0.2) is 35.1 Å². The van der Waals surface area contributed by atoms with Gasteiger partial charge in [0.1, 0.15) is 5.82 Å². The van der Waals surface area contributed by atoms with Gasteiger partial charge in [-0.15, -0.1) is 0 Å². The highest BCUT2D eigenvalue weighted by molar-refractivity contribution is 5.87. The minimum absolute atomic E-state index is 0.118. The Morgan fingerprint density at radius 1 is 1.56 bits per heavy atom. The lowest BCUT2D eigenvalue weighted by atomic mass is 10.0. The van der Waals surface area contributed by atoms with Gasteiger partial charge < -0.3 is 10.8 Å². The van der Waals surface area contributed by atoms with E-state index in [1.165, 1.54) is 18.2 Å². The summed E-state index contributed by atoms with van der Waals surface area (Å²) in [7, 11) is 0. The van der Waals surface area contributed by atoms with Crippen LogP contribution in [0, 0.1) is 5.82 Å². The average molecular weight is 252 g/mol. The second-order valence-corrected chi connectivity index (χ2v) is 4.75. The lowest BCUT2D eigenvalue weighted by molar-refractivity contribution is 0.0696. The number of piperidine rings is 1. The number of carboxylic acid groups (broad SMARTS) is 1. The van der Waals surface area contributed by atoms with Gasteiger partial charge >= 0.3 is 5.97 Å². The first-order chi connectivity index (χ1) is 8.56. The molecule has 0 saturated carbocycles. The molecular weight excluding hydrogens is 235 g/mol. The Labute approximate surface area is 105 Å². The van der Waals surface area contributed by atoms with Gasteiger partial charge in [-0.05, 0) is 37.6 Å². The Kier molecular flexibility index (Phi) is 3.93. The van der Waals surface area contributed by atoms with Gasteiger partial charge in [-0.3, -0.25) is 4.90 Å². The Bertz CT molecular complexity index is 451. The molecule has 2 rings (SSSR count). The number of rotatable bonds is 3. The maximum absolute atomic E-state index is 13.6. The fourth-order valence-corrected chi connectivity index (χ4v) is 2.30. The van der Waals surface area contributed by atoms with E-state index in [2.05, 4.69) is 4.90 Å². The van der Waals surface area contributed by atoms with Crippen molar-refractivity contribution in [3.05, 3.63) is 35.1 Å². The van der Waals surface area contributed by atoms with Gasteiger partial charge in [0.2, 0.25) is 0 Å². The summed E-state index contributed by atoms with van der Waals surface area (Å²) in [6.45, 7) is 2.03. The zero-order valence-electron chi connectivity index (χ0n) is 10.1. The third-order valence-electron chi connectivity index (χ3n) is 3.23. The molecule has 1 unspecified atom stereocenters. The van der Waals surface area contributed by atoms with E-state index in [1.807, 2.05) is 0 Å². The zero-order chi connectivity index (χ0) is 13.1. The van der Waals surface area contributed by atoms with Gasteiger partial charge in [-0.25, -0.2) is 9.18 Å². The van der Waals surface area contributed by atoms with Gasteiger partial charge in [0.15, 0.2) is 0 Å². The molecule has 0 aliphatic carbocycles. The summed E-state index contributed by atoms with van der Waals surface area (Å²) in [4.78, 5) is 12.9. The highest BCUT2D eigenvalue weighted by atomic mass is 19.1. The summed E-state index contributed by atoms with van der Waals surface area (Å²) >= 11 is 0. The van der Waals surface area contributed by atoms with E-state index in [9.17, 15) is 9.18 Å². The van der Waals surface area contributed by atoms with Gasteiger partial charge in [0.05, 0.1) is 5.56 Å². The SMILES string of the molecule is NC1CCCN(Cc2cc(C(=O)O)ccc2F)C1. The van der Waals surface area contributed by atoms with E-state index in [0.29, 0.717) is 12.1 Å². The Morgan fingerprint density at radius 2 is 2.33 bits per heavy atom. The third-order valence-corrected chi connectivity index (χ3v) is 3.23. The van der Waals surface area contributed by atoms with E-state index in [-0.39, 0.29) is 17.4 Å². The van der Waals surface area contributed by atoms with Crippen LogP contribution in [0.2, 0.25) is 0 Å². The van der Waals surface area contributed by atoms with Crippen LogP contribution in [0.4, 0.5) is 4.39 Å². The van der Waals surface area contributed by atoms with E-state index < -0.39 is 5.97 Å². The minimum atomic E-state index is -1.04. The molecule has 0 spiro atoms. The van der Waals surface area contributed by atoms with Gasteiger partial charge in [0, 0.05) is 24.7 Å². The normalized spacial score (nSPS) is 20.9. The standard InChI is InChI=1S/C13H17FN2O2/c14-12-4-3-9(13(17)18)6-10(12)7-16-5-1-2-11(15)8-16/h3-4,6,11H,1-2,5,7-8,15H2,(H,17,18). The average Bonchev–Trinajstić information content (AvgIpc) is 2.31. The summed E-state index contributed by atoms with van der Waals surface area (Å²) in [5.74, 6) is -1.40. The van der Waals surface area contributed by atoms with Crippen LogP contribution in [0.3, 0.4) is 0 Å². The molecule has 0 radical (unpaired) electrons. The summed E-state index contributed by atoms with van der Waals surface area (Å²) in [5, 5.41) is 8.89. The number of aromatic carboxylic acids is 1. The highest BCUT2D eigenvalue weighted by Crippen LogP contribution is 2.16. The van der Waals surface area contributed by atoms with Crippen molar-refractivity contribution in [2.24, 2.45) is 5.73 Å². The smallest absolute Gasteiger partial charge is 0.335 e. The van der Waals surface area contributed by atoms with Crippen molar-refractivity contribution in [2.75, 3.05) is 13.1 Å². The minimum Gasteiger partial charge on any atom is -0.478 e. The highest BCUT2D eigenvalue weighted by Gasteiger charge is 2.18. The van der Waals surface area contributed by atoms with Crippen molar-refractivity contribution in [2.45, 2.75) is 25.4 Å². The Hall–Kier alpha value is -1.46. The van der Waals surface area contributed by atoms with Crippen LogP contribution >= 0.6 is 0 Å². The van der Waals surface area contributed by atoms with Crippen molar-refractivity contribution in [1.82, 2.24) is 4.90 Å². The predicted molar refractivity (Wildman–Crippen MR) is 65.8 cm³/mol. The Morgan fingerprint density at radius 3 is 3.00 bits per heavy atom. The number of nitrogens with two attached hydrogens (primary N) is 1. The summed E-state index contributed by atoms with van der Waals surface area (Å²) in [5.41, 5.74) is 6.40. The van der Waals surface area contributed by atoms with Gasteiger partial charge in [0.25, 0.3) is 0 Å². The van der Waals surface area contributed by atoms with Crippen LogP contribution in [0.25, 0.3) is 0 Å². The lowest BCUT2D eigenvalue weighted by Gasteiger charge is -2.30. The van der Waals surface area contributed by atoms with Crippen molar-refractivity contribution in [1.29, 1.82) is 0 Å². The van der Waals surface area contributed by atoms with Crippen LogP contribution in [0.15, 0.2) is 18.2 Å². The largest absolute Gasteiger partial charge is 0.478 e. The van der Waals surface area contributed by atoms with Crippen molar-refractivity contribution >= 4 is 5.97 Å². The molecule has 1 aromatic carbocycles. The maximum atomic E-state index is 13.6. The van der Waals surface area contributed by atoms with Gasteiger partial charge in [-0.1, -0.05) is 0 Å². The topological polar surface area (TPSA) is 66.6 Å². The number of benzene rings is 1. The second kappa shape index (κ2) is 5.46. The monoisotopic (exact) mass is 252 g/mol. The summed E-state index contributed by atoms with van der Waals surface area (Å²) in [6.07, 6.45) is 2.00. The van der Waals surface area contributed by atoms with Crippen LogP contribution in [-0.2, 0) is 6.54 Å². The molecule has 1 fully saturated rings. The van der Waals surface area contributed by atoms with E-state index >= 15 is 0 Å². The quantitative estimate of drug-likeness (QED) is 0.854. The van der Waals surface area contributed by atoms with Crippen LogP contribution in [0.5, 0.6) is 0 Å². The Balaban J connectivity index is 2.12. The molecule has 18 heavy (non-hydrogen) atoms. The number of nitrogens with zero attached hydrogens (tertiary/aromatic N) is 1. The molecule has 1 aliphatic heterocycles. The predicted octanol–water partition coefficient (Wildman–Crippen LogP) is 1.45. The van der Waals surface area contributed by atoms with E-state index in [4.69, 9.17) is 10.8 Å². The summed E-state index contributed by atoms with van der Waals surface area (Å²) in [6, 6.07) is 4.02. The van der Waals surface area contributed by atoms with Crippen molar-refractivity contribution in [3.63, 3.8) is 0 Å². The molecule has 4 nitrogen and oxygen atoms in total. The fraction of sp³-hybridized carbons (Fsp3) is 0.462. The summed E-state index contributed by atoms with van der Waals surface area (Å²) < 4.78 is 13.6. The van der Waals surface area contributed by atoms with Crippen LogP contribution < -0.4 is 5.73 Å². The molecule has 1 aliphatic rings. The van der Waals surface area contributed by atoms with E-state index in [1.54, 1.807) is 0 Å². The molecule has 98 valence electrons. The molecule has 5 heteroatoms. The van der Waals surface area contributed by atoms with Gasteiger partial charge in [-0.2, -0.15) is 0 Å². The van der Waals surface area contributed by atoms with Crippen molar-refractivity contribution in [3.8, 4) is 0 Å². The lowest BCUT2D eigenvalue weighted by Crippen LogP contribution is -2.42. The van der Waals surface area contributed by atoms with Crippen LogP contribution in [0.1, 0.15) is 28.8 Å². The zero-order valence-corrected chi connectivity index (χ0v) is 10.1. The fourth-order valence-electron chi connectivity index (χ4n) is 2.30. The molecule has 1 aromatic rings. The second-order valence-electron chi connectivity index (χ2n) is 4.75. The molecule has 0 bridgehead atoms. The first-order valence-corrected chi connectivity index (χ1v) is 6.06. The number of halogens is 1. The van der Waals surface area contributed by atoms with Crippen molar-refractivity contribution < 1.29 is 14.3 Å². The molecule has 3 N–H and O–H groups in total. The molecule has 1 saturated heterocycles. The molecule has 1 heterocycles. The third kappa shape index (κ3) is 3.05. The maximum Gasteiger partial charge on any atom is 0.335 e. The number of hydrogen-bond donors (Lipinski definition) is 2. The van der Waals surface area contributed by atoms with E-state index in [0.717, 1.165) is 25.9 Å². The number of hydrogen-bond acceptors (Lipinski definition) is 3. The first kappa shape index (κ1) is 13.0. The first-order valence-electron chi connectivity index (χ1n) is 6.06. The molecule has 1 atom stereocenters.